The smallest absolute Gasteiger partial charge is 0 e. The largest absolute Gasteiger partial charge is 0.364 e. The van der Waals surface area contributed by atoms with Crippen molar-refractivity contribution in [3.05, 3.63) is 16.6 Å². The molecule has 1 aromatic heterocycles. The SMILES string of the molecule is Cc1[c-]scn1.[Re]. The first-order chi connectivity index (χ1) is 2.89. The van der Waals surface area contributed by atoms with E-state index in [0.29, 0.717) is 0 Å². The van der Waals surface area contributed by atoms with Gasteiger partial charge in [-0.15, -0.1) is 0 Å². The Morgan fingerprint density at radius 2 is 2.57 bits per heavy atom. The molecular formula is C4H4NReS-. The van der Waals surface area contributed by atoms with Gasteiger partial charge in [-0.2, -0.15) is 5.38 Å². The Kier molecular flexibility index (Phi) is 3.45. The van der Waals surface area contributed by atoms with E-state index in [2.05, 4.69) is 10.4 Å². The fourth-order valence-corrected chi connectivity index (χ4v) is 0.730. The van der Waals surface area contributed by atoms with Crippen LogP contribution in [0.15, 0.2) is 5.51 Å². The number of nitrogens with zero attached hydrogens (tertiary/aromatic N) is 1. The maximum absolute atomic E-state index is 3.88. The van der Waals surface area contributed by atoms with Crippen LogP contribution in [0.25, 0.3) is 0 Å². The van der Waals surface area contributed by atoms with Crippen molar-refractivity contribution in [2.24, 2.45) is 0 Å². The minimum Gasteiger partial charge on any atom is -0.364 e. The molecule has 0 aliphatic heterocycles. The van der Waals surface area contributed by atoms with Crippen LogP contribution < -0.4 is 0 Å². The van der Waals surface area contributed by atoms with Gasteiger partial charge < -0.3 is 16.3 Å². The van der Waals surface area contributed by atoms with Gasteiger partial charge in [-0.05, 0) is 6.92 Å². The first-order valence-corrected chi connectivity index (χ1v) is 2.55. The number of thiazole rings is 1. The van der Waals surface area contributed by atoms with E-state index < -0.39 is 0 Å². The molecule has 7 heavy (non-hydrogen) atoms. The van der Waals surface area contributed by atoms with Gasteiger partial charge in [0, 0.05) is 20.4 Å². The van der Waals surface area contributed by atoms with Crippen molar-refractivity contribution in [3.63, 3.8) is 0 Å². The van der Waals surface area contributed by atoms with Crippen molar-refractivity contribution >= 4 is 11.3 Å². The first kappa shape index (κ1) is 7.29. The summed E-state index contributed by atoms with van der Waals surface area (Å²) in [5.41, 5.74) is 2.76. The predicted molar refractivity (Wildman–Crippen MR) is 25.7 cm³/mol. The van der Waals surface area contributed by atoms with Crippen LogP contribution in [-0.4, -0.2) is 4.98 Å². The third kappa shape index (κ3) is 2.18. The van der Waals surface area contributed by atoms with Crippen molar-refractivity contribution in [1.29, 1.82) is 0 Å². The van der Waals surface area contributed by atoms with Crippen molar-refractivity contribution in [2.45, 2.75) is 6.92 Å². The second-order valence-electron chi connectivity index (χ2n) is 1.04. The van der Waals surface area contributed by atoms with E-state index in [9.17, 15) is 0 Å². The molecule has 0 aromatic carbocycles. The average Bonchev–Trinajstić information content (AvgIpc) is 1.86. The number of hydrogen-bond acceptors (Lipinski definition) is 2. The summed E-state index contributed by atoms with van der Waals surface area (Å²) < 4.78 is 0. The van der Waals surface area contributed by atoms with Crippen LogP contribution >= 0.6 is 11.3 Å². The molecule has 39 valence electrons. The Morgan fingerprint density at radius 3 is 2.71 bits per heavy atom. The van der Waals surface area contributed by atoms with Crippen LogP contribution in [0.2, 0.25) is 0 Å². The topological polar surface area (TPSA) is 12.9 Å². The number of aromatic nitrogens is 1. The van der Waals surface area contributed by atoms with E-state index in [-0.39, 0.29) is 20.4 Å². The zero-order valence-electron chi connectivity index (χ0n) is 3.81. The summed E-state index contributed by atoms with van der Waals surface area (Å²) >= 11 is 1.50. The summed E-state index contributed by atoms with van der Waals surface area (Å²) in [6, 6.07) is 0. The minimum atomic E-state index is 0. The minimum absolute atomic E-state index is 0. The van der Waals surface area contributed by atoms with Crippen molar-refractivity contribution in [2.75, 3.05) is 0 Å². The fraction of sp³-hybridized carbons (Fsp3) is 0.250. The van der Waals surface area contributed by atoms with Crippen LogP contribution in [0.5, 0.6) is 0 Å². The van der Waals surface area contributed by atoms with Crippen molar-refractivity contribution < 1.29 is 20.4 Å². The Bertz CT molecular complexity index is 115. The maximum atomic E-state index is 3.88. The van der Waals surface area contributed by atoms with Crippen LogP contribution in [0.4, 0.5) is 0 Å². The molecule has 1 radical (unpaired) electrons. The van der Waals surface area contributed by atoms with Gasteiger partial charge in [-0.25, -0.2) is 0 Å². The van der Waals surface area contributed by atoms with E-state index >= 15 is 0 Å². The second-order valence-corrected chi connectivity index (χ2v) is 1.69. The molecule has 0 bridgehead atoms. The second kappa shape index (κ2) is 3.31. The summed E-state index contributed by atoms with van der Waals surface area (Å²) in [4.78, 5) is 3.88. The Hall–Kier alpha value is 0.292. The summed E-state index contributed by atoms with van der Waals surface area (Å²) in [6.45, 7) is 1.93. The third-order valence-corrected chi connectivity index (χ3v) is 1.13. The van der Waals surface area contributed by atoms with Crippen LogP contribution in [0, 0.1) is 12.3 Å². The molecule has 3 heteroatoms. The van der Waals surface area contributed by atoms with Gasteiger partial charge in [0.2, 0.25) is 0 Å². The van der Waals surface area contributed by atoms with Crippen LogP contribution in [-0.2, 0) is 20.4 Å². The van der Waals surface area contributed by atoms with Gasteiger partial charge >= 0.3 is 0 Å². The Balaban J connectivity index is 0.000000360. The molecule has 1 rings (SSSR count). The summed E-state index contributed by atoms with van der Waals surface area (Å²) in [7, 11) is 0. The predicted octanol–water partition coefficient (Wildman–Crippen LogP) is 1.25. The van der Waals surface area contributed by atoms with E-state index in [0.717, 1.165) is 5.69 Å². The normalized spacial score (nSPS) is 7.57. The quantitative estimate of drug-likeness (QED) is 0.654. The molecule has 0 atom stereocenters. The molecule has 0 aliphatic carbocycles. The molecule has 1 nitrogen and oxygen atoms in total. The van der Waals surface area contributed by atoms with Gasteiger partial charge in [-0.1, -0.05) is 11.2 Å². The van der Waals surface area contributed by atoms with Gasteiger partial charge in [0.1, 0.15) is 0 Å². The summed E-state index contributed by atoms with van der Waals surface area (Å²) in [6.07, 6.45) is 0. The number of aryl methyl sites for hydroxylation is 1. The molecular weight excluding hydrogens is 280 g/mol. The zero-order chi connectivity index (χ0) is 4.41. The molecule has 0 fully saturated rings. The third-order valence-electron chi connectivity index (χ3n) is 0.506. The number of hydrogen-bond donors (Lipinski definition) is 0. The Morgan fingerprint density at radius 1 is 1.86 bits per heavy atom. The Labute approximate surface area is 60.4 Å². The molecule has 0 amide bonds. The summed E-state index contributed by atoms with van der Waals surface area (Å²) in [5, 5.41) is 2.93. The van der Waals surface area contributed by atoms with Crippen LogP contribution in [0.3, 0.4) is 0 Å². The zero-order valence-corrected chi connectivity index (χ0v) is 7.34. The standard InChI is InChI=1S/C4H4NS.Re/c1-4-2-6-3-5-4;/h3H,1H3;/q-1;. The van der Waals surface area contributed by atoms with Gasteiger partial charge in [0.15, 0.2) is 0 Å². The molecule has 1 aromatic rings. The molecule has 0 unspecified atom stereocenters. The molecule has 0 saturated heterocycles. The van der Waals surface area contributed by atoms with Crippen molar-refractivity contribution in [3.8, 4) is 0 Å². The van der Waals surface area contributed by atoms with E-state index in [1.807, 2.05) is 6.92 Å². The van der Waals surface area contributed by atoms with Crippen LogP contribution in [0.1, 0.15) is 5.69 Å². The van der Waals surface area contributed by atoms with Crippen molar-refractivity contribution in [1.82, 2.24) is 4.98 Å². The van der Waals surface area contributed by atoms with E-state index in [1.54, 1.807) is 5.51 Å². The first-order valence-electron chi connectivity index (χ1n) is 1.67. The molecule has 1 heterocycles. The van der Waals surface area contributed by atoms with E-state index in [1.165, 1.54) is 11.3 Å². The maximum Gasteiger partial charge on any atom is 0 e. The summed E-state index contributed by atoms with van der Waals surface area (Å²) in [5.74, 6) is 0. The van der Waals surface area contributed by atoms with Gasteiger partial charge in [-0.3, -0.25) is 0 Å². The molecule has 0 aliphatic rings. The molecule has 0 N–H and O–H groups in total. The molecule has 0 spiro atoms. The monoisotopic (exact) mass is 285 g/mol. The van der Waals surface area contributed by atoms with Gasteiger partial charge in [0.05, 0.1) is 0 Å². The van der Waals surface area contributed by atoms with E-state index in [4.69, 9.17) is 0 Å². The average molecular weight is 284 g/mol. The fourth-order valence-electron chi connectivity index (χ4n) is 0.243. The molecule has 0 saturated carbocycles. The van der Waals surface area contributed by atoms with Gasteiger partial charge in [0.25, 0.3) is 0 Å². The number of rotatable bonds is 0.